The zero-order chi connectivity index (χ0) is 13.2. The van der Waals surface area contributed by atoms with Crippen LogP contribution in [0.15, 0.2) is 23.3 Å². The van der Waals surface area contributed by atoms with E-state index in [1.165, 1.54) is 7.11 Å². The van der Waals surface area contributed by atoms with E-state index in [-0.39, 0.29) is 40.3 Å². The van der Waals surface area contributed by atoms with Crippen LogP contribution >= 0.6 is 15.9 Å². The van der Waals surface area contributed by atoms with Crippen molar-refractivity contribution in [3.8, 4) is 0 Å². The molecule has 4 heteroatoms. The van der Waals surface area contributed by atoms with Crippen molar-refractivity contribution in [2.45, 2.75) is 18.2 Å². The molecule has 0 aromatic heterocycles. The molecule has 0 unspecified atom stereocenters. The van der Waals surface area contributed by atoms with Gasteiger partial charge in [-0.1, -0.05) is 28.1 Å². The Kier molecular flexibility index (Phi) is 2.56. The van der Waals surface area contributed by atoms with Gasteiger partial charge in [-0.15, -0.1) is 0 Å². The van der Waals surface area contributed by atoms with E-state index in [1.54, 1.807) is 6.92 Å². The zero-order valence-corrected chi connectivity index (χ0v) is 12.0. The Bertz CT molecular complexity index is 505. The maximum Gasteiger partial charge on any atom is 0.334 e. The summed E-state index contributed by atoms with van der Waals surface area (Å²) in [5, 5.41) is 0. The van der Waals surface area contributed by atoms with Crippen molar-refractivity contribution in [3.05, 3.63) is 23.3 Å². The molecule has 4 rings (SSSR count). The first-order chi connectivity index (χ1) is 8.49. The fraction of sp³-hybridized carbons (Fsp3) is 0.571. The van der Waals surface area contributed by atoms with Crippen molar-refractivity contribution < 1.29 is 14.3 Å². The van der Waals surface area contributed by atoms with E-state index in [2.05, 4.69) is 22.5 Å². The number of ether oxygens (including phenoxy) is 1. The van der Waals surface area contributed by atoms with Gasteiger partial charge in [0.2, 0.25) is 0 Å². The Hall–Kier alpha value is -0.900. The second-order valence-corrected chi connectivity index (χ2v) is 6.48. The van der Waals surface area contributed by atoms with Gasteiger partial charge in [0.25, 0.3) is 0 Å². The van der Waals surface area contributed by atoms with Gasteiger partial charge in [-0.3, -0.25) is 4.79 Å². The average Bonchev–Trinajstić information content (AvgIpc) is 2.80. The third-order valence-electron chi connectivity index (χ3n) is 4.81. The van der Waals surface area contributed by atoms with Gasteiger partial charge in [-0.05, 0) is 25.2 Å². The summed E-state index contributed by atoms with van der Waals surface area (Å²) in [5.74, 6) is 0.195. The highest BCUT2D eigenvalue weighted by Gasteiger charge is 2.60. The summed E-state index contributed by atoms with van der Waals surface area (Å²) in [7, 11) is 1.37. The molecule has 18 heavy (non-hydrogen) atoms. The maximum atomic E-state index is 12.5. The minimum absolute atomic E-state index is 0.0534. The Morgan fingerprint density at radius 2 is 2.17 bits per heavy atom. The van der Waals surface area contributed by atoms with E-state index in [4.69, 9.17) is 4.74 Å². The van der Waals surface area contributed by atoms with Crippen LogP contribution in [0.4, 0.5) is 0 Å². The fourth-order valence-electron chi connectivity index (χ4n) is 4.00. The van der Waals surface area contributed by atoms with E-state index in [0.29, 0.717) is 11.1 Å². The summed E-state index contributed by atoms with van der Waals surface area (Å²) in [6.07, 6.45) is 0.962. The molecule has 0 aromatic carbocycles. The minimum Gasteiger partial charge on any atom is -0.466 e. The number of carbonyl (C=O) groups excluding carboxylic acids is 2. The van der Waals surface area contributed by atoms with Crippen LogP contribution in [0.25, 0.3) is 0 Å². The number of hydrogen-bond donors (Lipinski definition) is 0. The van der Waals surface area contributed by atoms with Crippen LogP contribution in [0, 0.1) is 23.7 Å². The molecule has 0 heterocycles. The van der Waals surface area contributed by atoms with Gasteiger partial charge in [-0.2, -0.15) is 0 Å². The number of carbonyl (C=O) groups is 2. The molecule has 2 saturated carbocycles. The van der Waals surface area contributed by atoms with E-state index < -0.39 is 0 Å². The molecule has 0 amide bonds. The lowest BCUT2D eigenvalue weighted by Gasteiger charge is -2.30. The first kappa shape index (κ1) is 12.2. The predicted octanol–water partition coefficient (Wildman–Crippen LogP) is 2.26. The summed E-state index contributed by atoms with van der Waals surface area (Å²) in [6, 6.07) is 0. The smallest absolute Gasteiger partial charge is 0.334 e. The molecule has 0 aromatic rings. The molecular formula is C14H15BrO3. The number of Topliss-reactive ketones (excluding diaryl/α,β-unsaturated/α-hetero) is 1. The normalized spacial score (nSPS) is 41.6. The van der Waals surface area contributed by atoms with Crippen LogP contribution in [0.1, 0.15) is 13.3 Å². The Morgan fingerprint density at radius 3 is 2.78 bits per heavy atom. The lowest BCUT2D eigenvalue weighted by atomic mass is 9.78. The Balaban J connectivity index is 2.20. The van der Waals surface area contributed by atoms with Gasteiger partial charge in [0.15, 0.2) is 5.78 Å². The summed E-state index contributed by atoms with van der Waals surface area (Å²) < 4.78 is 4.87. The lowest BCUT2D eigenvalue weighted by molar-refractivity contribution is -0.137. The number of ketones is 1. The van der Waals surface area contributed by atoms with E-state index in [1.807, 2.05) is 0 Å². The molecule has 4 aliphatic carbocycles. The largest absolute Gasteiger partial charge is 0.466 e. The van der Waals surface area contributed by atoms with Crippen LogP contribution in [-0.2, 0) is 14.3 Å². The van der Waals surface area contributed by atoms with Crippen molar-refractivity contribution in [2.75, 3.05) is 7.11 Å². The van der Waals surface area contributed by atoms with Crippen LogP contribution in [0.3, 0.4) is 0 Å². The van der Waals surface area contributed by atoms with Gasteiger partial charge < -0.3 is 4.74 Å². The molecule has 4 aliphatic rings. The number of alkyl halides is 1. The van der Waals surface area contributed by atoms with Gasteiger partial charge in [-0.25, -0.2) is 4.79 Å². The van der Waals surface area contributed by atoms with Gasteiger partial charge >= 0.3 is 5.97 Å². The monoisotopic (exact) mass is 310 g/mol. The molecule has 0 spiro atoms. The van der Waals surface area contributed by atoms with E-state index in [9.17, 15) is 9.59 Å². The number of methoxy groups -OCH3 is 1. The topological polar surface area (TPSA) is 43.4 Å². The summed E-state index contributed by atoms with van der Waals surface area (Å²) in [5.41, 5.74) is 2.16. The first-order valence-corrected chi connectivity index (χ1v) is 7.06. The quantitative estimate of drug-likeness (QED) is 0.424. The molecule has 3 nitrogen and oxygen atoms in total. The molecule has 0 radical (unpaired) electrons. The SMILES string of the molecule is C=C1[C@@H]2C(=O)C(C)=C(C(=O)OC)[C@H]3[C@H](Br)[C@@H]2C[C@@H]13. The number of esters is 1. The number of halogens is 1. The second kappa shape index (κ2) is 3.80. The zero-order valence-electron chi connectivity index (χ0n) is 10.4. The third-order valence-corrected chi connectivity index (χ3v) is 6.06. The Labute approximate surface area is 114 Å². The molecule has 5 atom stereocenters. The number of hydrogen-bond acceptors (Lipinski definition) is 3. The summed E-state index contributed by atoms with van der Waals surface area (Å²) in [6.45, 7) is 5.85. The summed E-state index contributed by atoms with van der Waals surface area (Å²) in [4.78, 5) is 24.7. The van der Waals surface area contributed by atoms with Crippen molar-refractivity contribution >= 4 is 27.7 Å². The third kappa shape index (κ3) is 1.25. The van der Waals surface area contributed by atoms with Crippen LogP contribution in [-0.4, -0.2) is 23.7 Å². The van der Waals surface area contributed by atoms with E-state index >= 15 is 0 Å². The van der Waals surface area contributed by atoms with Crippen LogP contribution < -0.4 is 0 Å². The standard InChI is InChI=1S/C14H15BrO3/c1-5-7-4-8-9(5)13(16)6(2)10(14(17)18-3)11(7)12(8)15/h7-9,11-12H,1,4H2,2-3H3/t7-,8+,9-,11-,12+/m0/s1. The van der Waals surface area contributed by atoms with Crippen molar-refractivity contribution in [1.82, 2.24) is 0 Å². The highest BCUT2D eigenvalue weighted by Crippen LogP contribution is 2.62. The van der Waals surface area contributed by atoms with Gasteiger partial charge in [0.1, 0.15) is 0 Å². The Morgan fingerprint density at radius 1 is 1.50 bits per heavy atom. The fourth-order valence-corrected chi connectivity index (χ4v) is 5.16. The van der Waals surface area contributed by atoms with Gasteiger partial charge in [0.05, 0.1) is 7.11 Å². The first-order valence-electron chi connectivity index (χ1n) is 6.15. The van der Waals surface area contributed by atoms with Crippen molar-refractivity contribution in [2.24, 2.45) is 23.7 Å². The minimum atomic E-state index is -0.365. The molecule has 4 bridgehead atoms. The van der Waals surface area contributed by atoms with E-state index in [0.717, 1.165) is 12.0 Å². The van der Waals surface area contributed by atoms with Crippen molar-refractivity contribution in [3.63, 3.8) is 0 Å². The molecule has 0 aliphatic heterocycles. The lowest BCUT2D eigenvalue weighted by Crippen LogP contribution is -2.32. The molecule has 0 saturated heterocycles. The number of rotatable bonds is 1. The van der Waals surface area contributed by atoms with Crippen LogP contribution in [0.2, 0.25) is 0 Å². The molecule has 2 fully saturated rings. The predicted molar refractivity (Wildman–Crippen MR) is 70.2 cm³/mol. The van der Waals surface area contributed by atoms with Crippen LogP contribution in [0.5, 0.6) is 0 Å². The molecule has 96 valence electrons. The molecule has 0 N–H and O–H groups in total. The highest BCUT2D eigenvalue weighted by atomic mass is 79.9. The summed E-state index contributed by atoms with van der Waals surface area (Å²) >= 11 is 3.69. The van der Waals surface area contributed by atoms with Gasteiger partial charge in [0, 0.05) is 27.8 Å². The number of fused-ring (bicyclic) bond motifs is 1. The highest BCUT2D eigenvalue weighted by molar-refractivity contribution is 9.09. The molecular weight excluding hydrogens is 296 g/mol. The average molecular weight is 311 g/mol. The second-order valence-electron chi connectivity index (χ2n) is 5.42. The number of allylic oxidation sites excluding steroid dienone is 2. The van der Waals surface area contributed by atoms with Crippen molar-refractivity contribution in [1.29, 1.82) is 0 Å². The maximum absolute atomic E-state index is 12.5.